The lowest BCUT2D eigenvalue weighted by atomic mass is 10.2. The summed E-state index contributed by atoms with van der Waals surface area (Å²) in [7, 11) is 0. The molecule has 0 aromatic heterocycles. The number of hydrogen-bond acceptors (Lipinski definition) is 2. The Balaban J connectivity index is 1.84. The van der Waals surface area contributed by atoms with Gasteiger partial charge in [-0.1, -0.05) is 33.6 Å². The summed E-state index contributed by atoms with van der Waals surface area (Å²) in [4.78, 5) is 11.7. The Bertz CT molecular complexity index is 449. The number of benzene rings is 1. The lowest BCUT2D eigenvalue weighted by Crippen LogP contribution is -2.42. The average Bonchev–Trinajstić information content (AvgIpc) is 3.11. The Hall–Kier alpha value is -0.580. The van der Waals surface area contributed by atoms with Crippen molar-refractivity contribution in [2.75, 3.05) is 0 Å². The van der Waals surface area contributed by atoms with E-state index in [9.17, 15) is 4.79 Å². The molecular weight excluding hydrogens is 316 g/mol. The summed E-state index contributed by atoms with van der Waals surface area (Å²) in [5.74, 6) is 0.0718. The van der Waals surface area contributed by atoms with Crippen LogP contribution < -0.4 is 10.6 Å². The van der Waals surface area contributed by atoms with Crippen LogP contribution in [0.25, 0.3) is 0 Å². The van der Waals surface area contributed by atoms with Gasteiger partial charge in [0.2, 0.25) is 5.91 Å². The standard InChI is InChI=1S/C13H16BrClN2O/c1-8(13(18)17-11-4-5-11)16-7-9-2-3-10(15)6-12(9)14/h2-3,6,8,11,16H,4-5,7H2,1H3,(H,17,18). The van der Waals surface area contributed by atoms with E-state index in [-0.39, 0.29) is 11.9 Å². The van der Waals surface area contributed by atoms with Crippen LogP contribution in [0.1, 0.15) is 25.3 Å². The van der Waals surface area contributed by atoms with Crippen LogP contribution in [0.2, 0.25) is 5.02 Å². The molecule has 1 amide bonds. The summed E-state index contributed by atoms with van der Waals surface area (Å²) < 4.78 is 0.956. The van der Waals surface area contributed by atoms with Crippen LogP contribution in [0.5, 0.6) is 0 Å². The Labute approximate surface area is 120 Å². The molecule has 0 aliphatic heterocycles. The Kier molecular flexibility index (Phi) is 4.65. The zero-order valence-corrected chi connectivity index (χ0v) is 12.5. The van der Waals surface area contributed by atoms with Gasteiger partial charge in [-0.25, -0.2) is 0 Å². The quantitative estimate of drug-likeness (QED) is 0.871. The van der Waals surface area contributed by atoms with Gasteiger partial charge in [0.05, 0.1) is 6.04 Å². The van der Waals surface area contributed by atoms with Gasteiger partial charge >= 0.3 is 0 Å². The largest absolute Gasteiger partial charge is 0.352 e. The summed E-state index contributed by atoms with van der Waals surface area (Å²) in [5.41, 5.74) is 1.09. The van der Waals surface area contributed by atoms with Gasteiger partial charge < -0.3 is 10.6 Å². The molecule has 0 radical (unpaired) electrons. The van der Waals surface area contributed by atoms with Crippen LogP contribution in [0.4, 0.5) is 0 Å². The highest BCUT2D eigenvalue weighted by Crippen LogP contribution is 2.21. The second-order valence-corrected chi connectivity index (χ2v) is 5.91. The lowest BCUT2D eigenvalue weighted by molar-refractivity contribution is -0.122. The third-order valence-electron chi connectivity index (χ3n) is 2.93. The normalized spacial score (nSPS) is 16.4. The first-order chi connectivity index (χ1) is 8.56. The minimum atomic E-state index is -0.187. The van der Waals surface area contributed by atoms with Crippen LogP contribution in [-0.2, 0) is 11.3 Å². The number of amides is 1. The van der Waals surface area contributed by atoms with Crippen molar-refractivity contribution in [3.05, 3.63) is 33.3 Å². The summed E-state index contributed by atoms with van der Waals surface area (Å²) in [6, 6.07) is 5.87. The van der Waals surface area contributed by atoms with Gasteiger partial charge in [0.15, 0.2) is 0 Å². The molecule has 0 spiro atoms. The highest BCUT2D eigenvalue weighted by molar-refractivity contribution is 9.10. The molecule has 5 heteroatoms. The van der Waals surface area contributed by atoms with Crippen molar-refractivity contribution in [1.82, 2.24) is 10.6 Å². The third-order valence-corrected chi connectivity index (χ3v) is 3.90. The highest BCUT2D eigenvalue weighted by atomic mass is 79.9. The molecule has 0 heterocycles. The van der Waals surface area contributed by atoms with E-state index < -0.39 is 0 Å². The maximum Gasteiger partial charge on any atom is 0.237 e. The van der Waals surface area contributed by atoms with Gasteiger partial charge in [-0.15, -0.1) is 0 Å². The van der Waals surface area contributed by atoms with Gasteiger partial charge in [-0.2, -0.15) is 0 Å². The summed E-state index contributed by atoms with van der Waals surface area (Å²) in [6.45, 7) is 2.51. The molecule has 1 unspecified atom stereocenters. The molecule has 3 nitrogen and oxygen atoms in total. The molecule has 1 fully saturated rings. The van der Waals surface area contributed by atoms with Crippen molar-refractivity contribution in [3.63, 3.8) is 0 Å². The van der Waals surface area contributed by atoms with Crippen LogP contribution >= 0.6 is 27.5 Å². The van der Waals surface area contributed by atoms with Crippen LogP contribution in [-0.4, -0.2) is 18.0 Å². The van der Waals surface area contributed by atoms with E-state index in [0.29, 0.717) is 17.6 Å². The molecule has 1 atom stereocenters. The van der Waals surface area contributed by atoms with E-state index in [1.54, 1.807) is 0 Å². The highest BCUT2D eigenvalue weighted by Gasteiger charge is 2.25. The smallest absolute Gasteiger partial charge is 0.237 e. The average molecular weight is 332 g/mol. The van der Waals surface area contributed by atoms with Crippen molar-refractivity contribution < 1.29 is 4.79 Å². The van der Waals surface area contributed by atoms with Crippen molar-refractivity contribution in [2.24, 2.45) is 0 Å². The summed E-state index contributed by atoms with van der Waals surface area (Å²) >= 11 is 9.34. The molecule has 0 saturated heterocycles. The third kappa shape index (κ3) is 3.97. The van der Waals surface area contributed by atoms with Gasteiger partial charge in [0, 0.05) is 22.1 Å². The van der Waals surface area contributed by atoms with Crippen molar-refractivity contribution in [2.45, 2.75) is 38.4 Å². The minimum Gasteiger partial charge on any atom is -0.352 e. The molecular formula is C13H16BrClN2O. The molecule has 1 saturated carbocycles. The monoisotopic (exact) mass is 330 g/mol. The molecule has 18 heavy (non-hydrogen) atoms. The van der Waals surface area contributed by atoms with Crippen molar-refractivity contribution in [1.29, 1.82) is 0 Å². The SMILES string of the molecule is CC(NCc1ccc(Cl)cc1Br)C(=O)NC1CC1. The molecule has 1 aromatic rings. The number of nitrogens with one attached hydrogen (secondary N) is 2. The first kappa shape index (κ1) is 13.8. The number of hydrogen-bond donors (Lipinski definition) is 2. The second kappa shape index (κ2) is 6.04. The molecule has 1 aromatic carbocycles. The number of rotatable bonds is 5. The Morgan fingerprint density at radius 3 is 2.89 bits per heavy atom. The van der Waals surface area contributed by atoms with E-state index >= 15 is 0 Å². The van der Waals surface area contributed by atoms with E-state index in [4.69, 9.17) is 11.6 Å². The first-order valence-electron chi connectivity index (χ1n) is 6.04. The fraction of sp³-hybridized carbons (Fsp3) is 0.462. The van der Waals surface area contributed by atoms with Crippen LogP contribution in [0.3, 0.4) is 0 Å². The number of carbonyl (C=O) groups is 1. The topological polar surface area (TPSA) is 41.1 Å². The molecule has 98 valence electrons. The molecule has 1 aliphatic rings. The molecule has 2 rings (SSSR count). The van der Waals surface area contributed by atoms with Crippen LogP contribution in [0.15, 0.2) is 22.7 Å². The van der Waals surface area contributed by atoms with E-state index in [1.807, 2.05) is 25.1 Å². The predicted octanol–water partition coefficient (Wildman–Crippen LogP) is 2.86. The Morgan fingerprint density at radius 2 is 2.28 bits per heavy atom. The molecule has 1 aliphatic carbocycles. The zero-order valence-electron chi connectivity index (χ0n) is 10.2. The maximum absolute atomic E-state index is 11.7. The zero-order chi connectivity index (χ0) is 13.1. The first-order valence-corrected chi connectivity index (χ1v) is 7.21. The maximum atomic E-state index is 11.7. The Morgan fingerprint density at radius 1 is 1.56 bits per heavy atom. The van der Waals surface area contributed by atoms with Gasteiger partial charge in [-0.05, 0) is 37.5 Å². The minimum absolute atomic E-state index is 0.0718. The fourth-order valence-electron chi connectivity index (χ4n) is 1.57. The predicted molar refractivity (Wildman–Crippen MR) is 76.6 cm³/mol. The van der Waals surface area contributed by atoms with E-state index in [0.717, 1.165) is 22.9 Å². The van der Waals surface area contributed by atoms with Crippen molar-refractivity contribution >= 4 is 33.4 Å². The molecule has 2 N–H and O–H groups in total. The number of halogens is 2. The number of carbonyl (C=O) groups excluding carboxylic acids is 1. The lowest BCUT2D eigenvalue weighted by Gasteiger charge is -2.14. The van der Waals surface area contributed by atoms with E-state index in [1.165, 1.54) is 0 Å². The van der Waals surface area contributed by atoms with Gasteiger partial charge in [-0.3, -0.25) is 4.79 Å². The summed E-state index contributed by atoms with van der Waals surface area (Å²) in [6.07, 6.45) is 2.22. The van der Waals surface area contributed by atoms with Gasteiger partial charge in [0.25, 0.3) is 0 Å². The van der Waals surface area contributed by atoms with Crippen molar-refractivity contribution in [3.8, 4) is 0 Å². The molecule has 0 bridgehead atoms. The fourth-order valence-corrected chi connectivity index (χ4v) is 2.40. The van der Waals surface area contributed by atoms with Crippen LogP contribution in [0, 0.1) is 0 Å². The second-order valence-electron chi connectivity index (χ2n) is 4.62. The van der Waals surface area contributed by atoms with E-state index in [2.05, 4.69) is 26.6 Å². The summed E-state index contributed by atoms with van der Waals surface area (Å²) in [5, 5.41) is 6.89. The van der Waals surface area contributed by atoms with Gasteiger partial charge in [0.1, 0.15) is 0 Å².